The van der Waals surface area contributed by atoms with Gasteiger partial charge in [-0.2, -0.15) is 0 Å². The Labute approximate surface area is 205 Å². The molecule has 0 radical (unpaired) electrons. The standard InChI is InChI=1S/C27H35N5O3/c1-4-6-16-32-25(28)24(26(34)30-27(32)35)31(17-21-10-8-7-9-11-21)18-23(33)29-19(3)22-14-12-20(5-2)13-15-22/h7-15,19H,4-6,16-18,28H2,1-3H3,(H,29,33)(H,30,34,35). The predicted octanol–water partition coefficient (Wildman–Crippen LogP) is 3.37. The van der Waals surface area contributed by atoms with Gasteiger partial charge in [0.2, 0.25) is 5.91 Å². The van der Waals surface area contributed by atoms with Crippen LogP contribution in [0.25, 0.3) is 0 Å². The molecule has 8 nitrogen and oxygen atoms in total. The largest absolute Gasteiger partial charge is 0.383 e. The molecule has 1 unspecified atom stereocenters. The van der Waals surface area contributed by atoms with E-state index in [1.54, 1.807) is 4.90 Å². The first-order valence-electron chi connectivity index (χ1n) is 12.1. The van der Waals surface area contributed by atoms with Crippen LogP contribution in [0.3, 0.4) is 0 Å². The lowest BCUT2D eigenvalue weighted by Gasteiger charge is -2.26. The molecule has 0 fully saturated rings. The monoisotopic (exact) mass is 477 g/mol. The first-order chi connectivity index (χ1) is 16.8. The molecule has 3 rings (SSSR count). The van der Waals surface area contributed by atoms with Crippen molar-refractivity contribution in [2.45, 2.75) is 59.2 Å². The fraction of sp³-hybridized carbons (Fsp3) is 0.370. The molecule has 8 heteroatoms. The molecule has 3 aromatic rings. The average Bonchev–Trinajstić information content (AvgIpc) is 2.84. The number of H-pyrrole nitrogens is 1. The summed E-state index contributed by atoms with van der Waals surface area (Å²) in [7, 11) is 0. The van der Waals surface area contributed by atoms with E-state index in [0.29, 0.717) is 6.54 Å². The number of aromatic nitrogens is 2. The Morgan fingerprint density at radius 2 is 1.74 bits per heavy atom. The molecule has 1 heterocycles. The smallest absolute Gasteiger partial charge is 0.330 e. The quantitative estimate of drug-likeness (QED) is 0.392. The Balaban J connectivity index is 1.89. The number of hydrogen-bond acceptors (Lipinski definition) is 5. The van der Waals surface area contributed by atoms with Crippen LogP contribution in [0.15, 0.2) is 64.2 Å². The summed E-state index contributed by atoms with van der Waals surface area (Å²) in [4.78, 5) is 42.4. The van der Waals surface area contributed by atoms with Gasteiger partial charge in [0, 0.05) is 13.1 Å². The number of rotatable bonds is 11. The maximum absolute atomic E-state index is 13.1. The van der Waals surface area contributed by atoms with Gasteiger partial charge >= 0.3 is 5.69 Å². The molecule has 1 amide bonds. The van der Waals surface area contributed by atoms with E-state index in [-0.39, 0.29) is 36.5 Å². The van der Waals surface area contributed by atoms with Crippen molar-refractivity contribution in [3.8, 4) is 0 Å². The van der Waals surface area contributed by atoms with Crippen LogP contribution in [0, 0.1) is 0 Å². The van der Waals surface area contributed by atoms with Crippen molar-refractivity contribution in [3.05, 3.63) is 92.1 Å². The maximum atomic E-state index is 13.1. The second kappa shape index (κ2) is 12.1. The highest BCUT2D eigenvalue weighted by atomic mass is 16.2. The number of anilines is 2. The Kier molecular flexibility index (Phi) is 8.89. The van der Waals surface area contributed by atoms with Gasteiger partial charge in [0.25, 0.3) is 5.56 Å². The van der Waals surface area contributed by atoms with Gasteiger partial charge in [-0.05, 0) is 36.5 Å². The molecule has 0 aliphatic carbocycles. The molecule has 35 heavy (non-hydrogen) atoms. The fourth-order valence-corrected chi connectivity index (χ4v) is 4.02. The molecule has 0 aliphatic heterocycles. The topological polar surface area (TPSA) is 113 Å². The number of carbonyl (C=O) groups excluding carboxylic acids is 1. The summed E-state index contributed by atoms with van der Waals surface area (Å²) in [5.74, 6) is -0.183. The molecule has 0 saturated carbocycles. The summed E-state index contributed by atoms with van der Waals surface area (Å²) in [5.41, 5.74) is 8.46. The number of hydrogen-bond donors (Lipinski definition) is 3. The van der Waals surface area contributed by atoms with E-state index >= 15 is 0 Å². The van der Waals surface area contributed by atoms with Crippen LogP contribution in [-0.4, -0.2) is 22.0 Å². The molecule has 1 atom stereocenters. The number of nitrogens with zero attached hydrogens (tertiary/aromatic N) is 2. The summed E-state index contributed by atoms with van der Waals surface area (Å²) in [6.45, 7) is 6.61. The summed E-state index contributed by atoms with van der Waals surface area (Å²) in [5, 5.41) is 3.02. The van der Waals surface area contributed by atoms with Crippen LogP contribution in [0.1, 0.15) is 56.3 Å². The summed E-state index contributed by atoms with van der Waals surface area (Å²) in [6, 6.07) is 17.4. The number of amides is 1. The Morgan fingerprint density at radius 3 is 2.37 bits per heavy atom. The Hall–Kier alpha value is -3.81. The first kappa shape index (κ1) is 25.8. The highest BCUT2D eigenvalue weighted by Crippen LogP contribution is 2.20. The molecule has 1 aromatic heterocycles. The Morgan fingerprint density at radius 1 is 1.06 bits per heavy atom. The van der Waals surface area contributed by atoms with Crippen molar-refractivity contribution in [2.75, 3.05) is 17.2 Å². The summed E-state index contributed by atoms with van der Waals surface area (Å²) < 4.78 is 1.37. The number of benzene rings is 2. The van der Waals surface area contributed by atoms with Gasteiger partial charge in [0.05, 0.1) is 12.6 Å². The van der Waals surface area contributed by atoms with E-state index in [2.05, 4.69) is 29.4 Å². The molecule has 0 bridgehead atoms. The number of nitrogen functional groups attached to an aromatic ring is 1. The van der Waals surface area contributed by atoms with Gasteiger partial charge in [0.1, 0.15) is 11.5 Å². The van der Waals surface area contributed by atoms with E-state index in [1.165, 1.54) is 10.1 Å². The number of nitrogens with one attached hydrogen (secondary N) is 2. The van der Waals surface area contributed by atoms with Crippen molar-refractivity contribution < 1.29 is 4.79 Å². The minimum absolute atomic E-state index is 0.0686. The van der Waals surface area contributed by atoms with Crippen LogP contribution in [0.4, 0.5) is 11.5 Å². The number of unbranched alkanes of at least 4 members (excludes halogenated alkanes) is 1. The van der Waals surface area contributed by atoms with Gasteiger partial charge in [-0.15, -0.1) is 0 Å². The van der Waals surface area contributed by atoms with E-state index < -0.39 is 11.2 Å². The van der Waals surface area contributed by atoms with Crippen molar-refractivity contribution in [1.82, 2.24) is 14.9 Å². The van der Waals surface area contributed by atoms with E-state index in [0.717, 1.165) is 30.4 Å². The molecule has 2 aromatic carbocycles. The zero-order chi connectivity index (χ0) is 25.4. The molecule has 0 spiro atoms. The molecule has 186 valence electrons. The zero-order valence-corrected chi connectivity index (χ0v) is 20.7. The molecule has 0 aliphatic rings. The third kappa shape index (κ3) is 6.62. The van der Waals surface area contributed by atoms with Gasteiger partial charge in [0.15, 0.2) is 0 Å². The second-order valence-corrected chi connectivity index (χ2v) is 8.72. The van der Waals surface area contributed by atoms with Gasteiger partial charge in [-0.1, -0.05) is 74.9 Å². The number of nitrogens with two attached hydrogens (primary N) is 1. The molecular weight excluding hydrogens is 442 g/mol. The minimum atomic E-state index is -0.604. The minimum Gasteiger partial charge on any atom is -0.383 e. The number of carbonyl (C=O) groups is 1. The van der Waals surface area contributed by atoms with E-state index in [4.69, 9.17) is 5.73 Å². The van der Waals surface area contributed by atoms with Crippen molar-refractivity contribution >= 4 is 17.4 Å². The Bertz CT molecular complexity index is 1230. The maximum Gasteiger partial charge on any atom is 0.330 e. The molecule has 0 saturated heterocycles. The number of aryl methyl sites for hydroxylation is 1. The third-order valence-corrected chi connectivity index (χ3v) is 6.08. The highest BCUT2D eigenvalue weighted by Gasteiger charge is 2.22. The highest BCUT2D eigenvalue weighted by molar-refractivity contribution is 5.82. The lowest BCUT2D eigenvalue weighted by Crippen LogP contribution is -2.43. The van der Waals surface area contributed by atoms with Gasteiger partial charge in [-0.3, -0.25) is 19.1 Å². The van der Waals surface area contributed by atoms with Gasteiger partial charge in [-0.25, -0.2) is 4.79 Å². The van der Waals surface area contributed by atoms with E-state index in [9.17, 15) is 14.4 Å². The first-order valence-corrected chi connectivity index (χ1v) is 12.1. The van der Waals surface area contributed by atoms with Crippen LogP contribution in [0.2, 0.25) is 0 Å². The predicted molar refractivity (Wildman–Crippen MR) is 141 cm³/mol. The summed E-state index contributed by atoms with van der Waals surface area (Å²) in [6.07, 6.45) is 2.56. The fourth-order valence-electron chi connectivity index (χ4n) is 4.02. The van der Waals surface area contributed by atoms with E-state index in [1.807, 2.05) is 56.3 Å². The molecule has 4 N–H and O–H groups in total. The van der Waals surface area contributed by atoms with Crippen molar-refractivity contribution in [2.24, 2.45) is 0 Å². The molecular formula is C27H35N5O3. The average molecular weight is 478 g/mol. The summed E-state index contributed by atoms with van der Waals surface area (Å²) >= 11 is 0. The third-order valence-electron chi connectivity index (χ3n) is 6.08. The second-order valence-electron chi connectivity index (χ2n) is 8.72. The van der Waals surface area contributed by atoms with Crippen LogP contribution < -0.4 is 27.2 Å². The lowest BCUT2D eigenvalue weighted by atomic mass is 10.0. The van der Waals surface area contributed by atoms with Crippen LogP contribution >= 0.6 is 0 Å². The zero-order valence-electron chi connectivity index (χ0n) is 20.7. The lowest BCUT2D eigenvalue weighted by molar-refractivity contribution is -0.120. The van der Waals surface area contributed by atoms with Crippen molar-refractivity contribution in [3.63, 3.8) is 0 Å². The van der Waals surface area contributed by atoms with Crippen molar-refractivity contribution in [1.29, 1.82) is 0 Å². The van der Waals surface area contributed by atoms with Gasteiger partial charge < -0.3 is 16.0 Å². The normalized spacial score (nSPS) is 11.7. The SMILES string of the molecule is CCCCn1c(N)c(N(CC(=O)NC(C)c2ccc(CC)cc2)Cc2ccccc2)c(=O)[nH]c1=O. The van der Waals surface area contributed by atoms with Crippen LogP contribution in [-0.2, 0) is 24.3 Å². The van der Waals surface area contributed by atoms with Crippen LogP contribution in [0.5, 0.6) is 0 Å². The number of aromatic amines is 1.